The zero-order chi connectivity index (χ0) is 20.1. The Morgan fingerprint density at radius 1 is 1.17 bits per heavy atom. The molecule has 4 rings (SSSR count). The predicted molar refractivity (Wildman–Crippen MR) is 140 cm³/mol. The van der Waals surface area contributed by atoms with Crippen molar-refractivity contribution in [3.8, 4) is 0 Å². The molecule has 2 aliphatic rings. The molecule has 0 aliphatic carbocycles. The number of hydrogen-bond donors (Lipinski definition) is 1. The molecule has 1 fully saturated rings. The van der Waals surface area contributed by atoms with Crippen LogP contribution in [0.3, 0.4) is 0 Å². The zero-order valence-electron chi connectivity index (χ0n) is 18.0. The molecule has 0 radical (unpaired) electrons. The Bertz CT molecular complexity index is 834. The first-order valence-electron chi connectivity index (χ1n) is 10.7. The second-order valence-electron chi connectivity index (χ2n) is 8.06. The molecule has 2 aliphatic heterocycles. The van der Waals surface area contributed by atoms with Gasteiger partial charge in [-0.05, 0) is 61.4 Å². The Balaban J connectivity index is 0.00000256. The van der Waals surface area contributed by atoms with Crippen molar-refractivity contribution in [2.24, 2.45) is 10.9 Å². The molecular formula is C24H33IN4S. The topological polar surface area (TPSA) is 30.9 Å². The number of piperidine rings is 1. The Labute approximate surface area is 202 Å². The Hall–Kier alpha value is -1.38. The van der Waals surface area contributed by atoms with Gasteiger partial charge < -0.3 is 10.2 Å². The number of nitrogens with zero attached hydrogens (tertiary/aromatic N) is 3. The molecule has 6 heteroatoms. The van der Waals surface area contributed by atoms with Crippen molar-refractivity contribution in [3.63, 3.8) is 0 Å². The van der Waals surface area contributed by atoms with Crippen molar-refractivity contribution < 1.29 is 0 Å². The van der Waals surface area contributed by atoms with Crippen LogP contribution in [0.5, 0.6) is 0 Å². The predicted octanol–water partition coefficient (Wildman–Crippen LogP) is 5.11. The van der Waals surface area contributed by atoms with E-state index in [4.69, 9.17) is 0 Å². The van der Waals surface area contributed by atoms with Gasteiger partial charge in [0.2, 0.25) is 0 Å². The minimum absolute atomic E-state index is 0. The Morgan fingerprint density at radius 3 is 2.67 bits per heavy atom. The highest BCUT2D eigenvalue weighted by Crippen LogP contribution is 2.36. The first-order chi connectivity index (χ1) is 14.3. The number of hydrogen-bond acceptors (Lipinski definition) is 3. The fourth-order valence-corrected chi connectivity index (χ4v) is 5.70. The van der Waals surface area contributed by atoms with Crippen molar-refractivity contribution in [1.29, 1.82) is 0 Å². The summed E-state index contributed by atoms with van der Waals surface area (Å²) in [5.41, 5.74) is 2.79. The molecule has 4 nitrogen and oxygen atoms in total. The monoisotopic (exact) mass is 536 g/mol. The second kappa shape index (κ2) is 11.3. The lowest BCUT2D eigenvalue weighted by atomic mass is 9.88. The van der Waals surface area contributed by atoms with Crippen LogP contribution in [0.4, 0.5) is 0 Å². The van der Waals surface area contributed by atoms with E-state index in [1.807, 2.05) is 18.4 Å². The molecule has 2 aromatic rings. The quantitative estimate of drug-likeness (QED) is 0.335. The number of thiophene rings is 1. The summed E-state index contributed by atoms with van der Waals surface area (Å²) in [6.45, 7) is 4.10. The summed E-state index contributed by atoms with van der Waals surface area (Å²) in [5.74, 6) is 1.65. The van der Waals surface area contributed by atoms with E-state index in [1.54, 1.807) is 0 Å². The zero-order valence-corrected chi connectivity index (χ0v) is 21.1. The molecule has 0 amide bonds. The first-order valence-corrected chi connectivity index (χ1v) is 11.6. The second-order valence-corrected chi connectivity index (χ2v) is 9.04. The van der Waals surface area contributed by atoms with Crippen LogP contribution in [0, 0.1) is 5.92 Å². The standard InChI is InChI=1S/C24H32N4S.HI/c1-25-24(28-15-12-20(13-16-28)19-8-4-3-5-9-19)26-18-21-10-6-14-27(2)23(21)22-11-7-17-29-22;/h3-5,7-9,11-12,17,21,23H,6,10,13-16,18H2,1-2H3,(H,25,26);1H. The van der Waals surface area contributed by atoms with E-state index >= 15 is 0 Å². The van der Waals surface area contributed by atoms with Crippen molar-refractivity contribution in [3.05, 3.63) is 64.4 Å². The van der Waals surface area contributed by atoms with E-state index in [-0.39, 0.29) is 24.0 Å². The fraction of sp³-hybridized carbons (Fsp3) is 0.458. The minimum atomic E-state index is 0. The van der Waals surface area contributed by atoms with Crippen LogP contribution in [-0.4, -0.2) is 56.0 Å². The fourth-order valence-electron chi connectivity index (χ4n) is 4.71. The molecule has 0 bridgehead atoms. The molecule has 0 saturated carbocycles. The summed E-state index contributed by atoms with van der Waals surface area (Å²) in [4.78, 5) is 11.0. The summed E-state index contributed by atoms with van der Waals surface area (Å²) >= 11 is 1.89. The van der Waals surface area contributed by atoms with Gasteiger partial charge in [0.15, 0.2) is 5.96 Å². The van der Waals surface area contributed by atoms with E-state index in [1.165, 1.54) is 35.4 Å². The van der Waals surface area contributed by atoms with Crippen molar-refractivity contribution >= 4 is 46.8 Å². The average molecular weight is 537 g/mol. The average Bonchev–Trinajstić information content (AvgIpc) is 3.30. The van der Waals surface area contributed by atoms with Gasteiger partial charge in [-0.2, -0.15) is 0 Å². The van der Waals surface area contributed by atoms with Crippen molar-refractivity contribution in [2.75, 3.05) is 40.3 Å². The summed E-state index contributed by atoms with van der Waals surface area (Å²) in [6.07, 6.45) is 5.97. The van der Waals surface area contributed by atoms with Gasteiger partial charge in [-0.25, -0.2) is 0 Å². The van der Waals surface area contributed by atoms with Gasteiger partial charge in [0.25, 0.3) is 0 Å². The summed E-state index contributed by atoms with van der Waals surface area (Å²) in [5, 5.41) is 5.90. The van der Waals surface area contributed by atoms with Gasteiger partial charge in [0, 0.05) is 37.6 Å². The molecule has 162 valence electrons. The highest BCUT2D eigenvalue weighted by molar-refractivity contribution is 14.0. The molecule has 3 heterocycles. The van der Waals surface area contributed by atoms with Crippen molar-refractivity contribution in [1.82, 2.24) is 15.1 Å². The smallest absolute Gasteiger partial charge is 0.193 e. The molecule has 1 aromatic carbocycles. The van der Waals surface area contributed by atoms with E-state index in [0.29, 0.717) is 12.0 Å². The van der Waals surface area contributed by atoms with E-state index < -0.39 is 0 Å². The Kier molecular flexibility index (Phi) is 8.77. The van der Waals surface area contributed by atoms with Crippen molar-refractivity contribution in [2.45, 2.75) is 25.3 Å². The Morgan fingerprint density at radius 2 is 2.00 bits per heavy atom. The first kappa shape index (κ1) is 23.3. The third-order valence-electron chi connectivity index (χ3n) is 6.23. The van der Waals surface area contributed by atoms with Gasteiger partial charge in [0.1, 0.15) is 0 Å². The number of aliphatic imine (C=N–C) groups is 1. The van der Waals surface area contributed by atoms with Gasteiger partial charge in [-0.15, -0.1) is 35.3 Å². The summed E-state index contributed by atoms with van der Waals surface area (Å²) in [6, 6.07) is 15.7. The SMILES string of the molecule is CN=C(NCC1CCCN(C)C1c1cccs1)N1CC=C(c2ccccc2)CC1.I. The maximum absolute atomic E-state index is 4.59. The molecule has 2 atom stereocenters. The van der Waals surface area contributed by atoms with Gasteiger partial charge in [-0.3, -0.25) is 9.89 Å². The third-order valence-corrected chi connectivity index (χ3v) is 7.17. The minimum Gasteiger partial charge on any atom is -0.356 e. The lowest BCUT2D eigenvalue weighted by molar-refractivity contribution is 0.124. The summed E-state index contributed by atoms with van der Waals surface area (Å²) in [7, 11) is 4.18. The normalized spacial score (nSPS) is 22.9. The van der Waals surface area contributed by atoms with E-state index in [2.05, 4.69) is 81.1 Å². The third kappa shape index (κ3) is 5.45. The van der Waals surface area contributed by atoms with Crippen LogP contribution in [0.15, 0.2) is 58.9 Å². The molecule has 2 unspecified atom stereocenters. The highest BCUT2D eigenvalue weighted by Gasteiger charge is 2.31. The number of benzene rings is 1. The van der Waals surface area contributed by atoms with Gasteiger partial charge >= 0.3 is 0 Å². The van der Waals surface area contributed by atoms with Crippen LogP contribution in [0.25, 0.3) is 5.57 Å². The van der Waals surface area contributed by atoms with Crippen LogP contribution in [0.1, 0.15) is 35.7 Å². The van der Waals surface area contributed by atoms with E-state index in [0.717, 1.165) is 32.0 Å². The number of likely N-dealkylation sites (tertiary alicyclic amines) is 1. The molecule has 1 aromatic heterocycles. The van der Waals surface area contributed by atoms with Gasteiger partial charge in [0.05, 0.1) is 0 Å². The largest absolute Gasteiger partial charge is 0.356 e. The number of halogens is 1. The number of rotatable bonds is 4. The van der Waals surface area contributed by atoms with Gasteiger partial charge in [-0.1, -0.05) is 42.5 Å². The summed E-state index contributed by atoms with van der Waals surface area (Å²) < 4.78 is 0. The van der Waals surface area contributed by atoms with Crippen LogP contribution >= 0.6 is 35.3 Å². The molecular weight excluding hydrogens is 503 g/mol. The molecule has 0 spiro atoms. The van der Waals surface area contributed by atoms with Crippen LogP contribution < -0.4 is 5.32 Å². The van der Waals surface area contributed by atoms with Crippen LogP contribution in [-0.2, 0) is 0 Å². The van der Waals surface area contributed by atoms with E-state index in [9.17, 15) is 0 Å². The lowest BCUT2D eigenvalue weighted by Gasteiger charge is -2.39. The molecule has 1 saturated heterocycles. The maximum atomic E-state index is 4.59. The number of guanidine groups is 1. The van der Waals surface area contributed by atoms with Crippen LogP contribution in [0.2, 0.25) is 0 Å². The highest BCUT2D eigenvalue weighted by atomic mass is 127. The lowest BCUT2D eigenvalue weighted by Crippen LogP contribution is -2.47. The maximum Gasteiger partial charge on any atom is 0.193 e. The molecule has 1 N–H and O–H groups in total. The molecule has 30 heavy (non-hydrogen) atoms. The number of nitrogens with one attached hydrogen (secondary N) is 1.